The molecule has 0 N–H and O–H groups in total. The first-order valence-corrected chi connectivity index (χ1v) is 9.62. The summed E-state index contributed by atoms with van der Waals surface area (Å²) < 4.78 is 6.32. The standard InChI is InChI=1S/C20H6.CH4I.40CH4.FH.HPS/c1-3-5-7-9-11-13-15-17-19-20-18-16-14-12-10-8-6-4-2;1-2;;;;;;;;;;;;;;;;;;;;;;;;;;;;;;;;;;;;;;;;;;1-2/h1-2H3;2H,1H3;40*1H4;1H;1H/q;-1;;;;;;;;;;;;;;;;;;;;;;;;;;;;;;;;;;;;;;;;;;/p-1/i;2T;;;;;;;;;;;;;;;;;;;;;;;;;;;;;;;;;;;;;;;;;;. The van der Waals surface area contributed by atoms with Gasteiger partial charge in [0.2, 0.25) is 0 Å². The molecule has 0 spiro atoms. The maximum Gasteiger partial charge on any atom is -1.00 e. The average Bonchev–Trinajstić information content (AvgIpc) is 2.64. The first kappa shape index (κ1) is 631. The Morgan fingerprint density at radius 3 is 0.323 bits per heavy atom. The number of hydrogen-bond acceptors (Lipinski definition) is 1. The first-order chi connectivity index (χ1) is 12.3. The van der Waals surface area contributed by atoms with Gasteiger partial charge in [-0.2, -0.15) is 0 Å². The molecule has 442 valence electrons. The normalized spacial score (nSPS) is 1.62. The van der Waals surface area contributed by atoms with Crippen LogP contribution in [0.25, 0.3) is 0 Å². The fourth-order valence-electron chi connectivity index (χ4n) is 0.562. The minimum atomic E-state index is -0.160. The van der Waals surface area contributed by atoms with Crippen LogP contribution in [0.1, 0.15) is 311 Å². The summed E-state index contributed by atoms with van der Waals surface area (Å²) in [6.45, 7) is 3.41. The molecule has 0 unspecified atom stereocenters. The molecule has 0 aromatic heterocycles. The van der Waals surface area contributed by atoms with Gasteiger partial charge in [0.1, 0.15) is 0 Å². The number of hydrogen-bond donors (Lipinski definition) is 0. The molecule has 0 aliphatic rings. The van der Waals surface area contributed by atoms with Crippen LogP contribution in [0.2, 0.25) is 0 Å². The predicted molar refractivity (Wildman–Crippen MR) is 374 cm³/mol. The fourth-order valence-corrected chi connectivity index (χ4v) is 0.562. The quantitative estimate of drug-likeness (QED) is 0.101. The summed E-state index contributed by atoms with van der Waals surface area (Å²) in [6, 6.07) is 0. The van der Waals surface area contributed by atoms with Crippen molar-refractivity contribution in [2.45, 2.75) is 311 Å². The maximum absolute atomic E-state index is 6.32. The molecule has 0 atom stereocenters. The van der Waals surface area contributed by atoms with Crippen LogP contribution in [0.15, 0.2) is 0 Å². The van der Waals surface area contributed by atoms with Crippen molar-refractivity contribution in [1.82, 2.24) is 0 Å². The third-order valence-corrected chi connectivity index (χ3v) is 1.19. The van der Waals surface area contributed by atoms with E-state index in [1.165, 1.54) is 0 Å². The van der Waals surface area contributed by atoms with E-state index in [-0.39, 0.29) is 324 Å². The Kier molecular flexibility index (Phi) is 9310. The van der Waals surface area contributed by atoms with Gasteiger partial charge in [-0.25, -0.2) is 0 Å². The Labute approximate surface area is 467 Å². The van der Waals surface area contributed by atoms with E-state index in [2.05, 4.69) is 126 Å². The van der Waals surface area contributed by atoms with Gasteiger partial charge in [0, 0.05) is 0 Å². The summed E-state index contributed by atoms with van der Waals surface area (Å²) in [5, 5.41) is 0. The molecule has 0 saturated heterocycles. The Morgan fingerprint density at radius 2 is 0.277 bits per heavy atom. The van der Waals surface area contributed by atoms with Gasteiger partial charge in [0.05, 0.1) is 0 Å². The molecule has 0 saturated carbocycles. The molecule has 0 aliphatic heterocycles. The van der Waals surface area contributed by atoms with E-state index in [0.717, 1.165) is 0 Å². The Hall–Kier alpha value is -2.78. The Bertz CT molecular complexity index is 889. The van der Waals surface area contributed by atoms with Crippen molar-refractivity contribution in [3.05, 3.63) is 0 Å². The molecule has 0 aromatic carbocycles. The second kappa shape index (κ2) is 958. The average molecular weight is 1120 g/mol. The summed E-state index contributed by atoms with van der Waals surface area (Å²) in [5.41, 5.74) is 0. The number of alkyl halides is 1. The third-order valence-electron chi connectivity index (χ3n) is 1.19. The van der Waals surface area contributed by atoms with Crippen molar-refractivity contribution >= 4 is 19.8 Å². The van der Waals surface area contributed by atoms with Crippen LogP contribution in [-0.4, -0.2) is 5.52 Å². The van der Waals surface area contributed by atoms with Gasteiger partial charge in [-0.15, -0.1) is 0 Å². The first-order valence-electron chi connectivity index (χ1n) is 6.21. The minimum absolute atomic E-state index is 0. The maximum atomic E-state index is 6.32. The molecular formula is C61H171FIPS-2. The van der Waals surface area contributed by atoms with Crippen molar-refractivity contribution in [3.63, 3.8) is 0 Å². The van der Waals surface area contributed by atoms with Gasteiger partial charge in [-0.05, 0) is 117 Å². The predicted octanol–water partition coefficient (Wildman–Crippen LogP) is 21.0. The molecular weight excluding hydrogens is 942 g/mol. The van der Waals surface area contributed by atoms with E-state index >= 15 is 0 Å². The van der Waals surface area contributed by atoms with E-state index in [1.54, 1.807) is 13.8 Å². The van der Waals surface area contributed by atoms with E-state index in [9.17, 15) is 0 Å². The molecule has 0 fully saturated rings. The summed E-state index contributed by atoms with van der Waals surface area (Å²) in [6.07, 6.45) is 0. The molecule has 0 radical (unpaired) electrons. The Balaban J connectivity index is -0.00000000241. The molecule has 0 nitrogen and oxygen atoms in total. The summed E-state index contributed by atoms with van der Waals surface area (Å²) >= 11 is 3.73. The topological polar surface area (TPSA) is 0 Å². The second-order valence-electron chi connectivity index (χ2n) is 2.50. The Morgan fingerprint density at radius 1 is 0.231 bits per heavy atom. The van der Waals surface area contributed by atoms with Crippen LogP contribution in [0, 0.1) is 107 Å². The molecule has 0 aliphatic carbocycles. The number of rotatable bonds is 0. The SMILES string of the molecule is C.C.C.C.C.C.C.C.C.C.C.C.C.C.C.C.C.C.C.C.C.C.C.C.C.C.C.C.C.C.C.C.C.C.C.C.C.C.C.C.CC#CC#CC#CC#CC#CC#CC#CC#CC#CC.P=S.[3H][I-]C.[F-]. The van der Waals surface area contributed by atoms with E-state index in [0.29, 0.717) is 0 Å². The van der Waals surface area contributed by atoms with Crippen LogP contribution in [0.4, 0.5) is 0 Å². The molecule has 0 rings (SSSR count). The molecule has 0 aromatic rings. The fraction of sp³-hybridized carbons (Fsp3) is 0.705. The zero-order chi connectivity index (χ0) is 19.4. The van der Waals surface area contributed by atoms with Gasteiger partial charge in [-0.3, -0.25) is 0 Å². The van der Waals surface area contributed by atoms with Crippen molar-refractivity contribution in [1.29, 1.82) is 0.594 Å². The van der Waals surface area contributed by atoms with Crippen molar-refractivity contribution in [3.8, 4) is 107 Å². The van der Waals surface area contributed by atoms with Crippen molar-refractivity contribution < 1.29 is 27.1 Å². The molecule has 0 bridgehead atoms. The zero-order valence-corrected chi connectivity index (χ0v) is 17.6. The molecule has 65 heavy (non-hydrogen) atoms. The van der Waals surface area contributed by atoms with Gasteiger partial charge in [0.15, 0.2) is 0 Å². The molecule has 0 amide bonds. The van der Waals surface area contributed by atoms with Crippen molar-refractivity contribution in [2.24, 2.45) is 0 Å². The van der Waals surface area contributed by atoms with Crippen LogP contribution in [-0.2, 0) is 11.8 Å². The smallest absolute Gasteiger partial charge is 1.00 e. The zero-order valence-electron chi connectivity index (χ0n) is 14.7. The van der Waals surface area contributed by atoms with E-state index in [1.807, 2.05) is 4.93 Å². The summed E-state index contributed by atoms with van der Waals surface area (Å²) in [4.78, 5) is 1.90. The molecule has 4 heteroatoms. The van der Waals surface area contributed by atoms with E-state index in [4.69, 9.17) is 0.594 Å². The van der Waals surface area contributed by atoms with Gasteiger partial charge >= 0.3 is 27.9 Å². The second-order valence-corrected chi connectivity index (χ2v) is 2.50. The van der Waals surface area contributed by atoms with Crippen LogP contribution < -0.4 is 27.1 Å². The molecule has 0 heterocycles. The monoisotopic (exact) mass is 1120 g/mol. The third kappa shape index (κ3) is 1060. The van der Waals surface area contributed by atoms with Gasteiger partial charge in [0.25, 0.3) is 0 Å². The summed E-state index contributed by atoms with van der Waals surface area (Å²) in [5.74, 6) is 45.6. The largest absolute Gasteiger partial charge is 1.00 e. The van der Waals surface area contributed by atoms with E-state index < -0.39 is 0 Å². The summed E-state index contributed by atoms with van der Waals surface area (Å²) in [7, 11) is 2.56. The van der Waals surface area contributed by atoms with Crippen LogP contribution >= 0.6 is 8.02 Å². The minimum Gasteiger partial charge on any atom is -1.00 e. The van der Waals surface area contributed by atoms with Gasteiger partial charge < -0.3 is 4.70 Å². The van der Waals surface area contributed by atoms with Crippen LogP contribution in [0.3, 0.4) is 0 Å². The van der Waals surface area contributed by atoms with Crippen molar-refractivity contribution in [2.75, 3.05) is 4.93 Å². The van der Waals surface area contributed by atoms with Gasteiger partial charge in [-0.1, -0.05) is 321 Å². The van der Waals surface area contributed by atoms with Crippen LogP contribution in [0.5, 0.6) is 0 Å². The number of halogens is 2.